The molecule has 0 bridgehead atoms. The van der Waals surface area contributed by atoms with E-state index in [9.17, 15) is 18.3 Å². The molecule has 30 heavy (non-hydrogen) atoms. The van der Waals surface area contributed by atoms with Gasteiger partial charge in [-0.15, -0.1) is 0 Å². The van der Waals surface area contributed by atoms with Crippen molar-refractivity contribution < 1.29 is 23.1 Å². The first-order chi connectivity index (χ1) is 13.8. The van der Waals surface area contributed by atoms with Crippen molar-refractivity contribution in [2.75, 3.05) is 6.26 Å². The maximum Gasteiger partial charge on any atom is 0.345 e. The number of ether oxygens (including phenoxy) is 1. The predicted octanol–water partition coefficient (Wildman–Crippen LogP) is 4.58. The molecule has 1 unspecified atom stereocenters. The van der Waals surface area contributed by atoms with E-state index in [-0.39, 0.29) is 4.90 Å². The van der Waals surface area contributed by atoms with Crippen LogP contribution in [0.1, 0.15) is 44.4 Å². The van der Waals surface area contributed by atoms with Gasteiger partial charge in [0.15, 0.2) is 15.9 Å². The molecule has 0 saturated carbocycles. The Balaban J connectivity index is 2.55. The molecule has 0 aliphatic heterocycles. The van der Waals surface area contributed by atoms with Gasteiger partial charge < -0.3 is 9.84 Å². The summed E-state index contributed by atoms with van der Waals surface area (Å²) in [5.41, 5.74) is 1.26. The summed E-state index contributed by atoms with van der Waals surface area (Å²) < 4.78 is 29.6. The van der Waals surface area contributed by atoms with Crippen molar-refractivity contribution in [3.05, 3.63) is 58.1 Å². The predicted molar refractivity (Wildman–Crippen MR) is 118 cm³/mol. The maximum absolute atomic E-state index is 11.9. The van der Waals surface area contributed by atoms with Crippen molar-refractivity contribution in [1.29, 1.82) is 0 Å². The van der Waals surface area contributed by atoms with E-state index in [1.54, 1.807) is 57.2 Å². The number of sulfone groups is 1. The molecule has 0 fully saturated rings. The van der Waals surface area contributed by atoms with E-state index in [2.05, 4.69) is 11.8 Å². The fourth-order valence-corrected chi connectivity index (χ4v) is 3.59. The molecule has 1 atom stereocenters. The Morgan fingerprint density at radius 2 is 1.77 bits per heavy atom. The van der Waals surface area contributed by atoms with Crippen LogP contribution in [-0.4, -0.2) is 31.9 Å². The largest absolute Gasteiger partial charge is 0.478 e. The van der Waals surface area contributed by atoms with Gasteiger partial charge in [-0.1, -0.05) is 57.2 Å². The number of hydrogen-bond acceptors (Lipinski definition) is 4. The van der Waals surface area contributed by atoms with Gasteiger partial charge in [0.25, 0.3) is 0 Å². The van der Waals surface area contributed by atoms with E-state index in [4.69, 9.17) is 16.3 Å². The molecule has 2 aromatic carbocycles. The third kappa shape index (κ3) is 6.01. The molecule has 0 amide bonds. The molecule has 7 heteroatoms. The van der Waals surface area contributed by atoms with E-state index >= 15 is 0 Å². The lowest BCUT2D eigenvalue weighted by atomic mass is 9.89. The van der Waals surface area contributed by atoms with Crippen LogP contribution >= 0.6 is 11.6 Å². The number of carboxylic acids is 1. The smallest absolute Gasteiger partial charge is 0.345 e. The van der Waals surface area contributed by atoms with Crippen LogP contribution in [0.15, 0.2) is 41.3 Å². The van der Waals surface area contributed by atoms with Crippen LogP contribution in [-0.2, 0) is 21.1 Å². The molecule has 5 nitrogen and oxygen atoms in total. The summed E-state index contributed by atoms with van der Waals surface area (Å²) in [7, 11) is -3.37. The average molecular weight is 449 g/mol. The van der Waals surface area contributed by atoms with E-state index in [0.717, 1.165) is 11.8 Å². The van der Waals surface area contributed by atoms with Crippen LogP contribution < -0.4 is 4.74 Å². The number of rotatable bonds is 5. The second-order valence-corrected chi connectivity index (χ2v) is 10.5. The summed E-state index contributed by atoms with van der Waals surface area (Å²) in [4.78, 5) is 11.9. The van der Waals surface area contributed by atoms with Gasteiger partial charge >= 0.3 is 5.97 Å². The van der Waals surface area contributed by atoms with Gasteiger partial charge in [0, 0.05) is 22.3 Å². The van der Waals surface area contributed by atoms with E-state index < -0.39 is 27.3 Å². The number of carbonyl (C=O) groups is 1. The van der Waals surface area contributed by atoms with Gasteiger partial charge in [0.2, 0.25) is 0 Å². The van der Waals surface area contributed by atoms with Gasteiger partial charge in [0.1, 0.15) is 5.75 Å². The fraction of sp³-hybridized carbons (Fsp3) is 0.348. The van der Waals surface area contributed by atoms with Crippen LogP contribution in [0, 0.1) is 17.3 Å². The van der Waals surface area contributed by atoms with Gasteiger partial charge in [-0.05, 0) is 42.3 Å². The van der Waals surface area contributed by atoms with Gasteiger partial charge in [-0.3, -0.25) is 0 Å². The van der Waals surface area contributed by atoms with Crippen molar-refractivity contribution in [3.63, 3.8) is 0 Å². The van der Waals surface area contributed by atoms with Crippen LogP contribution in [0.2, 0.25) is 5.02 Å². The maximum atomic E-state index is 11.9. The lowest BCUT2D eigenvalue weighted by Crippen LogP contribution is -2.39. The molecule has 2 aromatic rings. The molecule has 0 spiro atoms. The zero-order valence-corrected chi connectivity index (χ0v) is 19.2. The number of hydrogen-bond donors (Lipinski definition) is 1. The number of halogens is 1. The summed E-state index contributed by atoms with van der Waals surface area (Å²) in [5.74, 6) is 5.19. The number of benzene rings is 2. The highest BCUT2D eigenvalue weighted by Gasteiger charge is 2.33. The van der Waals surface area contributed by atoms with Gasteiger partial charge in [0.05, 0.1) is 10.5 Å². The first-order valence-corrected chi connectivity index (χ1v) is 11.6. The second-order valence-electron chi connectivity index (χ2n) is 8.04. The van der Waals surface area contributed by atoms with Crippen molar-refractivity contribution >= 4 is 27.4 Å². The molecule has 0 saturated heterocycles. The minimum atomic E-state index is -3.37. The molecule has 0 aliphatic rings. The normalized spacial score (nSPS) is 12.6. The molecule has 2 rings (SSSR count). The van der Waals surface area contributed by atoms with Crippen LogP contribution in [0.3, 0.4) is 0 Å². The molecule has 0 aliphatic carbocycles. The Morgan fingerprint density at radius 1 is 1.13 bits per heavy atom. The molecular weight excluding hydrogens is 424 g/mol. The summed E-state index contributed by atoms with van der Waals surface area (Å²) in [6.07, 6.45) is 0.740. The molecule has 0 radical (unpaired) electrons. The Hall–Kier alpha value is -2.49. The van der Waals surface area contributed by atoms with Gasteiger partial charge in [-0.2, -0.15) is 0 Å². The lowest BCUT2D eigenvalue weighted by molar-refractivity contribution is -0.150. The summed E-state index contributed by atoms with van der Waals surface area (Å²) in [6, 6.07) is 9.63. The fourth-order valence-electron chi connectivity index (χ4n) is 2.77. The van der Waals surface area contributed by atoms with E-state index in [1.165, 1.54) is 0 Å². The third-order valence-electron chi connectivity index (χ3n) is 4.42. The Bertz CT molecular complexity index is 1120. The summed E-state index contributed by atoms with van der Waals surface area (Å²) in [5, 5.41) is 9.98. The number of aryl methyl sites for hydroxylation is 1. The van der Waals surface area contributed by atoms with Crippen molar-refractivity contribution in [1.82, 2.24) is 0 Å². The van der Waals surface area contributed by atoms with Crippen molar-refractivity contribution in [2.45, 2.75) is 45.1 Å². The number of aliphatic carboxylic acids is 1. The highest BCUT2D eigenvalue weighted by Crippen LogP contribution is 2.29. The second kappa shape index (κ2) is 9.11. The van der Waals surface area contributed by atoms with Crippen LogP contribution in [0.25, 0.3) is 0 Å². The molecule has 0 aromatic heterocycles. The van der Waals surface area contributed by atoms with E-state index in [1.807, 2.05) is 6.92 Å². The Labute approximate surface area is 183 Å². The molecule has 0 heterocycles. The Morgan fingerprint density at radius 3 is 2.30 bits per heavy atom. The van der Waals surface area contributed by atoms with Crippen molar-refractivity contribution in [2.24, 2.45) is 5.41 Å². The topological polar surface area (TPSA) is 80.7 Å². The lowest BCUT2D eigenvalue weighted by Gasteiger charge is -2.28. The van der Waals surface area contributed by atoms with Crippen LogP contribution in [0.5, 0.6) is 5.75 Å². The Kier molecular flexibility index (Phi) is 7.23. The third-order valence-corrected chi connectivity index (χ3v) is 5.76. The van der Waals surface area contributed by atoms with E-state index in [0.29, 0.717) is 28.3 Å². The number of carboxylic acid groups (broad SMARTS) is 1. The highest BCUT2D eigenvalue weighted by molar-refractivity contribution is 7.90. The molecular formula is C23H25ClO5S. The summed E-state index contributed by atoms with van der Waals surface area (Å²) >= 11 is 6.11. The summed E-state index contributed by atoms with van der Waals surface area (Å²) in [6.45, 7) is 7.28. The minimum absolute atomic E-state index is 0.185. The first kappa shape index (κ1) is 23.8. The highest BCUT2D eigenvalue weighted by atomic mass is 35.5. The van der Waals surface area contributed by atoms with Crippen molar-refractivity contribution in [3.8, 4) is 17.6 Å². The standard InChI is InChI=1S/C23H25ClO5S/c1-6-15-9-11-19(30(5,27)28)14-16(15)7-8-17-13-18(24)10-12-20(17)29-21(22(25)26)23(2,3)4/h9-14,21H,6H2,1-5H3,(H,25,26). The average Bonchev–Trinajstić information content (AvgIpc) is 2.63. The SMILES string of the molecule is CCc1ccc(S(C)(=O)=O)cc1C#Cc1cc(Cl)ccc1OC(C(=O)O)C(C)(C)C. The zero-order chi connectivity index (χ0) is 22.7. The molecule has 1 N–H and O–H groups in total. The monoisotopic (exact) mass is 448 g/mol. The van der Waals surface area contributed by atoms with Gasteiger partial charge in [-0.25, -0.2) is 13.2 Å². The minimum Gasteiger partial charge on any atom is -0.478 e. The first-order valence-electron chi connectivity index (χ1n) is 9.37. The zero-order valence-electron chi connectivity index (χ0n) is 17.6. The molecule has 160 valence electrons. The quantitative estimate of drug-likeness (QED) is 0.677. The van der Waals surface area contributed by atoms with Crippen LogP contribution in [0.4, 0.5) is 0 Å².